The smallest absolute Gasteiger partial charge is 0.194 e. The van der Waals surface area contributed by atoms with Gasteiger partial charge in [0.05, 0.1) is 13.2 Å². The molecule has 1 saturated heterocycles. The van der Waals surface area contributed by atoms with E-state index in [1.54, 1.807) is 0 Å². The van der Waals surface area contributed by atoms with Crippen LogP contribution in [-0.4, -0.2) is 13.2 Å². The first-order valence-electron chi connectivity index (χ1n) is 11.5. The Hall–Kier alpha value is -2.91. The molecule has 2 nitrogen and oxygen atoms in total. The molecule has 0 radical (unpaired) electrons. The lowest BCUT2D eigenvalue weighted by molar-refractivity contribution is -0.206. The number of benzene rings is 3. The van der Waals surface area contributed by atoms with Crippen LogP contribution in [0.15, 0.2) is 36.4 Å². The second-order valence-corrected chi connectivity index (χ2v) is 8.77. The van der Waals surface area contributed by atoms with Crippen LogP contribution in [0.5, 0.6) is 0 Å². The van der Waals surface area contributed by atoms with Gasteiger partial charge in [0.1, 0.15) is 11.6 Å². The fourth-order valence-corrected chi connectivity index (χ4v) is 4.28. The molecular formula is C27H23F7O2. The van der Waals surface area contributed by atoms with E-state index in [4.69, 9.17) is 9.47 Å². The third-order valence-electron chi connectivity index (χ3n) is 6.20. The molecule has 1 aliphatic rings. The van der Waals surface area contributed by atoms with Crippen molar-refractivity contribution >= 4 is 0 Å². The van der Waals surface area contributed by atoms with Crippen molar-refractivity contribution in [3.8, 4) is 11.1 Å². The molecule has 36 heavy (non-hydrogen) atoms. The van der Waals surface area contributed by atoms with Crippen LogP contribution in [0.4, 0.5) is 30.7 Å². The molecule has 1 fully saturated rings. The second kappa shape index (κ2) is 11.0. The van der Waals surface area contributed by atoms with Crippen molar-refractivity contribution < 1.29 is 40.2 Å². The highest BCUT2D eigenvalue weighted by atomic mass is 19.2. The molecule has 0 spiro atoms. The van der Waals surface area contributed by atoms with Crippen molar-refractivity contribution in [2.45, 2.75) is 38.9 Å². The molecule has 9 heteroatoms. The summed E-state index contributed by atoms with van der Waals surface area (Å²) in [5.74, 6) is -9.09. The number of hydrogen-bond acceptors (Lipinski definition) is 2. The molecule has 3 aromatic carbocycles. The van der Waals surface area contributed by atoms with E-state index in [2.05, 4.69) is 0 Å². The summed E-state index contributed by atoms with van der Waals surface area (Å²) in [6.45, 7) is 2.88. The van der Waals surface area contributed by atoms with E-state index in [1.807, 2.05) is 6.92 Å². The average molecular weight is 512 g/mol. The van der Waals surface area contributed by atoms with Crippen molar-refractivity contribution in [1.29, 1.82) is 0 Å². The minimum absolute atomic E-state index is 0.184. The van der Waals surface area contributed by atoms with E-state index >= 15 is 0 Å². The van der Waals surface area contributed by atoms with Crippen molar-refractivity contribution in [3.05, 3.63) is 93.8 Å². The Morgan fingerprint density at radius 3 is 1.92 bits per heavy atom. The minimum atomic E-state index is -1.73. The minimum Gasteiger partial charge on any atom is -0.348 e. The Labute approximate surface area is 203 Å². The topological polar surface area (TPSA) is 18.5 Å². The molecule has 0 saturated carbocycles. The van der Waals surface area contributed by atoms with Gasteiger partial charge in [-0.25, -0.2) is 30.7 Å². The summed E-state index contributed by atoms with van der Waals surface area (Å²) in [6, 6.07) is 5.51. The largest absolute Gasteiger partial charge is 0.348 e. The Morgan fingerprint density at radius 2 is 1.33 bits per heavy atom. The van der Waals surface area contributed by atoms with Crippen LogP contribution in [0.3, 0.4) is 0 Å². The molecule has 4 rings (SSSR count). The van der Waals surface area contributed by atoms with E-state index in [-0.39, 0.29) is 35.4 Å². The average Bonchev–Trinajstić information content (AvgIpc) is 2.85. The highest BCUT2D eigenvalue weighted by Crippen LogP contribution is 2.31. The molecule has 1 heterocycles. The standard InChI is InChI=1S/C27H23F7O2/c1-2-3-14-12-35-27(36-13-14)17-10-20(28)19(21(29)11-17)7-5-15-4-6-18(25(33)24(15)32)16-8-22(30)26(34)23(31)9-16/h4,6,8-11,14,27H,2-3,5,7,12-13H2,1H3. The zero-order valence-electron chi connectivity index (χ0n) is 19.3. The zero-order chi connectivity index (χ0) is 26.0. The maximum absolute atomic E-state index is 14.7. The SMILES string of the molecule is CCCC1COC(c2cc(F)c(CCc3ccc(-c4cc(F)c(F)c(F)c4)c(F)c3F)c(F)c2)OC1. The number of halogens is 7. The predicted octanol–water partition coefficient (Wildman–Crippen LogP) is 7.57. The molecule has 0 unspecified atom stereocenters. The van der Waals surface area contributed by atoms with Crippen LogP contribution in [0, 0.1) is 46.6 Å². The molecule has 0 N–H and O–H groups in total. The van der Waals surface area contributed by atoms with Gasteiger partial charge in [-0.3, -0.25) is 0 Å². The predicted molar refractivity (Wildman–Crippen MR) is 118 cm³/mol. The molecule has 0 atom stereocenters. The molecular weight excluding hydrogens is 489 g/mol. The molecule has 0 aromatic heterocycles. The van der Waals surface area contributed by atoms with E-state index in [0.29, 0.717) is 25.3 Å². The van der Waals surface area contributed by atoms with Crippen molar-refractivity contribution in [3.63, 3.8) is 0 Å². The molecule has 1 aliphatic heterocycles. The number of ether oxygens (including phenoxy) is 2. The van der Waals surface area contributed by atoms with Crippen molar-refractivity contribution in [1.82, 2.24) is 0 Å². The zero-order valence-corrected chi connectivity index (χ0v) is 19.3. The number of aryl methyl sites for hydroxylation is 1. The number of hydrogen-bond donors (Lipinski definition) is 0. The summed E-state index contributed by atoms with van der Waals surface area (Å²) in [7, 11) is 0. The first-order chi connectivity index (χ1) is 17.2. The fourth-order valence-electron chi connectivity index (χ4n) is 4.28. The number of rotatable bonds is 7. The van der Waals surface area contributed by atoms with Gasteiger partial charge in [-0.1, -0.05) is 25.5 Å². The second-order valence-electron chi connectivity index (χ2n) is 8.77. The molecule has 3 aromatic rings. The monoisotopic (exact) mass is 512 g/mol. The summed E-state index contributed by atoms with van der Waals surface area (Å²) in [4.78, 5) is 0. The van der Waals surface area contributed by atoms with Crippen molar-refractivity contribution in [2.75, 3.05) is 13.2 Å². The summed E-state index contributed by atoms with van der Waals surface area (Å²) in [5.41, 5.74) is -1.20. The van der Waals surface area contributed by atoms with Gasteiger partial charge in [-0.15, -0.1) is 0 Å². The van der Waals surface area contributed by atoms with Crippen LogP contribution >= 0.6 is 0 Å². The normalized spacial score (nSPS) is 18.0. The van der Waals surface area contributed by atoms with Gasteiger partial charge >= 0.3 is 0 Å². The van der Waals surface area contributed by atoms with Crippen LogP contribution in [-0.2, 0) is 22.3 Å². The summed E-state index contributed by atoms with van der Waals surface area (Å²) in [5, 5.41) is 0. The van der Waals surface area contributed by atoms with Crippen LogP contribution in [0.2, 0.25) is 0 Å². The van der Waals surface area contributed by atoms with E-state index < -0.39 is 58.1 Å². The van der Waals surface area contributed by atoms with E-state index in [1.165, 1.54) is 0 Å². The molecule has 0 bridgehead atoms. The lowest BCUT2D eigenvalue weighted by atomic mass is 9.97. The van der Waals surface area contributed by atoms with Gasteiger partial charge in [0.15, 0.2) is 35.4 Å². The first kappa shape index (κ1) is 26.2. The Morgan fingerprint density at radius 1 is 0.722 bits per heavy atom. The highest BCUT2D eigenvalue weighted by molar-refractivity contribution is 5.65. The van der Waals surface area contributed by atoms with Crippen LogP contribution in [0.25, 0.3) is 11.1 Å². The maximum Gasteiger partial charge on any atom is 0.194 e. The van der Waals surface area contributed by atoms with Gasteiger partial charge in [-0.2, -0.15) is 0 Å². The Kier molecular flexibility index (Phi) is 8.00. The lowest BCUT2D eigenvalue weighted by Gasteiger charge is -2.29. The maximum atomic E-state index is 14.7. The van der Waals surface area contributed by atoms with Gasteiger partial charge in [0, 0.05) is 22.6 Å². The Bertz CT molecular complexity index is 1210. The van der Waals surface area contributed by atoms with Crippen LogP contribution < -0.4 is 0 Å². The van der Waals surface area contributed by atoms with Gasteiger partial charge in [0.25, 0.3) is 0 Å². The highest BCUT2D eigenvalue weighted by Gasteiger charge is 2.25. The van der Waals surface area contributed by atoms with Gasteiger partial charge < -0.3 is 9.47 Å². The third kappa shape index (κ3) is 5.42. The van der Waals surface area contributed by atoms with E-state index in [0.717, 1.165) is 37.1 Å². The third-order valence-corrected chi connectivity index (χ3v) is 6.20. The first-order valence-corrected chi connectivity index (χ1v) is 11.5. The lowest BCUT2D eigenvalue weighted by Crippen LogP contribution is -2.27. The van der Waals surface area contributed by atoms with Gasteiger partial charge in [-0.05, 0) is 54.7 Å². The fraction of sp³-hybridized carbons (Fsp3) is 0.333. The molecule has 0 amide bonds. The van der Waals surface area contributed by atoms with Crippen molar-refractivity contribution in [2.24, 2.45) is 5.92 Å². The summed E-state index contributed by atoms with van der Waals surface area (Å²) < 4.78 is 110. The summed E-state index contributed by atoms with van der Waals surface area (Å²) in [6.07, 6.45) is 0.466. The molecule has 192 valence electrons. The Balaban J connectivity index is 1.49. The van der Waals surface area contributed by atoms with E-state index in [9.17, 15) is 30.7 Å². The van der Waals surface area contributed by atoms with Gasteiger partial charge in [0.2, 0.25) is 0 Å². The quantitative estimate of drug-likeness (QED) is 0.240. The van der Waals surface area contributed by atoms with Crippen LogP contribution in [0.1, 0.15) is 42.7 Å². The summed E-state index contributed by atoms with van der Waals surface area (Å²) >= 11 is 0. The molecule has 0 aliphatic carbocycles.